The number of carboxylic acids is 1. The smallest absolute Gasteiger partial charge is 0.309 e. The summed E-state index contributed by atoms with van der Waals surface area (Å²) in [6.07, 6.45) is 3.41. The molecule has 0 fully saturated rings. The molecule has 1 aromatic rings. The van der Waals surface area contributed by atoms with Gasteiger partial charge in [0.15, 0.2) is 8.32 Å². The highest BCUT2D eigenvalue weighted by Gasteiger charge is 2.40. The van der Waals surface area contributed by atoms with Gasteiger partial charge in [0.1, 0.15) is 0 Å². The third-order valence-electron chi connectivity index (χ3n) is 4.40. The molecule has 1 rings (SSSR count). The predicted molar refractivity (Wildman–Crippen MR) is 94.3 cm³/mol. The van der Waals surface area contributed by atoms with Gasteiger partial charge >= 0.3 is 5.97 Å². The quantitative estimate of drug-likeness (QED) is 0.765. The van der Waals surface area contributed by atoms with Crippen LogP contribution in [0.1, 0.15) is 33.3 Å². The molecule has 1 N–H and O–H groups in total. The molecule has 4 heteroatoms. The SMILES string of the molecule is C[C@@H](C(=O)O)[C@@H](/C=C/c1ccccc1)O[Si](C)(C)C(C)(C)C. The first kappa shape index (κ1) is 18.7. The van der Waals surface area contributed by atoms with Crippen molar-refractivity contribution in [2.45, 2.75) is 51.9 Å². The van der Waals surface area contributed by atoms with Gasteiger partial charge in [0, 0.05) is 0 Å². The lowest BCUT2D eigenvalue weighted by molar-refractivity contribution is -0.143. The van der Waals surface area contributed by atoms with E-state index in [0.717, 1.165) is 5.56 Å². The van der Waals surface area contributed by atoms with Crippen molar-refractivity contribution in [2.75, 3.05) is 0 Å². The van der Waals surface area contributed by atoms with Crippen LogP contribution >= 0.6 is 0 Å². The second kappa shape index (κ2) is 7.25. The third kappa shape index (κ3) is 5.11. The fourth-order valence-corrected chi connectivity index (χ4v) is 3.05. The highest BCUT2D eigenvalue weighted by molar-refractivity contribution is 6.74. The van der Waals surface area contributed by atoms with Gasteiger partial charge < -0.3 is 9.53 Å². The van der Waals surface area contributed by atoms with Crippen LogP contribution in [-0.2, 0) is 9.22 Å². The maximum absolute atomic E-state index is 11.4. The third-order valence-corrected chi connectivity index (χ3v) is 8.87. The van der Waals surface area contributed by atoms with Crippen LogP contribution < -0.4 is 0 Å². The molecule has 1 aromatic carbocycles. The standard InChI is InChI=1S/C18H28O3Si/c1-14(17(19)20)16(21-22(5,6)18(2,3)4)13-12-15-10-8-7-9-11-15/h7-14,16H,1-6H3,(H,19,20)/b13-12+/t14-,16-/m1/s1. The first-order valence-electron chi connectivity index (χ1n) is 7.68. The molecule has 0 amide bonds. The zero-order chi connectivity index (χ0) is 17.0. The van der Waals surface area contributed by atoms with E-state index in [1.165, 1.54) is 0 Å². The van der Waals surface area contributed by atoms with Crippen LogP contribution in [0.2, 0.25) is 18.1 Å². The maximum Gasteiger partial charge on any atom is 0.309 e. The number of rotatable bonds is 6. The molecule has 0 aliphatic heterocycles. The summed E-state index contributed by atoms with van der Waals surface area (Å²) in [6, 6.07) is 9.87. The van der Waals surface area contributed by atoms with Crippen molar-refractivity contribution in [3.63, 3.8) is 0 Å². The lowest BCUT2D eigenvalue weighted by Gasteiger charge is -2.39. The molecule has 0 aliphatic carbocycles. The zero-order valence-electron chi connectivity index (χ0n) is 14.5. The molecule has 0 radical (unpaired) electrons. The molecular weight excluding hydrogens is 292 g/mol. The van der Waals surface area contributed by atoms with E-state index in [1.807, 2.05) is 42.5 Å². The van der Waals surface area contributed by atoms with Crippen LogP contribution in [0.5, 0.6) is 0 Å². The van der Waals surface area contributed by atoms with E-state index >= 15 is 0 Å². The largest absolute Gasteiger partial charge is 0.481 e. The van der Waals surface area contributed by atoms with Gasteiger partial charge in [-0.2, -0.15) is 0 Å². The van der Waals surface area contributed by atoms with Crippen molar-refractivity contribution in [3.05, 3.63) is 42.0 Å². The molecule has 0 heterocycles. The first-order chi connectivity index (χ1) is 10.0. The highest BCUT2D eigenvalue weighted by atomic mass is 28.4. The lowest BCUT2D eigenvalue weighted by Crippen LogP contribution is -2.46. The molecular formula is C18H28O3Si. The summed E-state index contributed by atoms with van der Waals surface area (Å²) in [5.74, 6) is -1.41. The fourth-order valence-electron chi connectivity index (χ4n) is 1.74. The molecule has 22 heavy (non-hydrogen) atoms. The molecule has 0 spiro atoms. The number of hydrogen-bond acceptors (Lipinski definition) is 2. The highest BCUT2D eigenvalue weighted by Crippen LogP contribution is 2.38. The predicted octanol–water partition coefficient (Wildman–Crippen LogP) is 4.81. The lowest BCUT2D eigenvalue weighted by atomic mass is 10.0. The minimum absolute atomic E-state index is 0.0457. The Bertz CT molecular complexity index is 515. The number of carboxylic acid groups (broad SMARTS) is 1. The second-order valence-electron chi connectivity index (χ2n) is 7.24. The summed E-state index contributed by atoms with van der Waals surface area (Å²) in [7, 11) is -2.03. The van der Waals surface area contributed by atoms with Crippen molar-refractivity contribution < 1.29 is 14.3 Å². The van der Waals surface area contributed by atoms with E-state index < -0.39 is 26.3 Å². The fraction of sp³-hybridized carbons (Fsp3) is 0.500. The van der Waals surface area contributed by atoms with Crippen LogP contribution in [0.25, 0.3) is 6.08 Å². The Morgan fingerprint density at radius 3 is 2.23 bits per heavy atom. The van der Waals surface area contributed by atoms with Crippen LogP contribution in [0, 0.1) is 5.92 Å². The van der Waals surface area contributed by atoms with Crippen LogP contribution in [0.3, 0.4) is 0 Å². The monoisotopic (exact) mass is 320 g/mol. The van der Waals surface area contributed by atoms with Gasteiger partial charge in [-0.05, 0) is 30.6 Å². The maximum atomic E-state index is 11.4. The van der Waals surface area contributed by atoms with E-state index in [2.05, 4.69) is 33.9 Å². The Labute approximate surface area is 135 Å². The zero-order valence-corrected chi connectivity index (χ0v) is 15.5. The van der Waals surface area contributed by atoms with E-state index in [4.69, 9.17) is 4.43 Å². The minimum atomic E-state index is -2.03. The Kier molecular flexibility index (Phi) is 6.14. The Balaban J connectivity index is 3.00. The molecule has 3 nitrogen and oxygen atoms in total. The van der Waals surface area contributed by atoms with Gasteiger partial charge in [-0.25, -0.2) is 0 Å². The Morgan fingerprint density at radius 2 is 1.77 bits per heavy atom. The summed E-state index contributed by atoms with van der Waals surface area (Å²) < 4.78 is 6.32. The molecule has 0 saturated heterocycles. The topological polar surface area (TPSA) is 46.5 Å². The van der Waals surface area contributed by atoms with Gasteiger partial charge in [-0.3, -0.25) is 4.79 Å². The van der Waals surface area contributed by atoms with E-state index in [-0.39, 0.29) is 5.04 Å². The molecule has 0 unspecified atom stereocenters. The average molecular weight is 321 g/mol. The Hall–Kier alpha value is -1.39. The second-order valence-corrected chi connectivity index (χ2v) is 12.0. The van der Waals surface area contributed by atoms with E-state index in [1.54, 1.807) is 6.92 Å². The van der Waals surface area contributed by atoms with Crippen LogP contribution in [0.15, 0.2) is 36.4 Å². The van der Waals surface area contributed by atoms with Crippen molar-refractivity contribution in [1.29, 1.82) is 0 Å². The van der Waals surface area contributed by atoms with E-state index in [0.29, 0.717) is 0 Å². The average Bonchev–Trinajstić information content (AvgIpc) is 2.42. The van der Waals surface area contributed by atoms with Crippen molar-refractivity contribution in [2.24, 2.45) is 5.92 Å². The molecule has 0 saturated carbocycles. The molecule has 0 bridgehead atoms. The first-order valence-corrected chi connectivity index (χ1v) is 10.6. The molecule has 122 valence electrons. The number of hydrogen-bond donors (Lipinski definition) is 1. The number of aliphatic carboxylic acids is 1. The number of benzene rings is 1. The Morgan fingerprint density at radius 1 is 1.23 bits per heavy atom. The van der Waals surface area contributed by atoms with E-state index in [9.17, 15) is 9.90 Å². The summed E-state index contributed by atoms with van der Waals surface area (Å²) in [6.45, 7) is 12.5. The normalized spacial score (nSPS) is 15.7. The van der Waals surface area contributed by atoms with Crippen molar-refractivity contribution >= 4 is 20.4 Å². The van der Waals surface area contributed by atoms with Gasteiger partial charge in [0.05, 0.1) is 12.0 Å². The van der Waals surface area contributed by atoms with Gasteiger partial charge in [-0.15, -0.1) is 0 Å². The molecule has 2 atom stereocenters. The molecule has 0 aromatic heterocycles. The summed E-state index contributed by atoms with van der Waals surface area (Å²) in [5, 5.41) is 9.40. The molecule has 0 aliphatic rings. The summed E-state index contributed by atoms with van der Waals surface area (Å²) in [4.78, 5) is 11.4. The summed E-state index contributed by atoms with van der Waals surface area (Å²) >= 11 is 0. The number of carbonyl (C=O) groups is 1. The van der Waals surface area contributed by atoms with Gasteiger partial charge in [-0.1, -0.05) is 63.3 Å². The summed E-state index contributed by atoms with van der Waals surface area (Å²) in [5.41, 5.74) is 1.05. The van der Waals surface area contributed by atoms with Crippen LogP contribution in [0.4, 0.5) is 0 Å². The van der Waals surface area contributed by atoms with Gasteiger partial charge in [0.25, 0.3) is 0 Å². The van der Waals surface area contributed by atoms with Crippen molar-refractivity contribution in [3.8, 4) is 0 Å². The van der Waals surface area contributed by atoms with Crippen molar-refractivity contribution in [1.82, 2.24) is 0 Å². The minimum Gasteiger partial charge on any atom is -0.481 e. The van der Waals surface area contributed by atoms with Gasteiger partial charge in [0.2, 0.25) is 0 Å². The van der Waals surface area contributed by atoms with Crippen LogP contribution in [-0.4, -0.2) is 25.5 Å².